The molecular weight excluding hydrogens is 254 g/mol. The van der Waals surface area contributed by atoms with Gasteiger partial charge in [0.25, 0.3) is 0 Å². The van der Waals surface area contributed by atoms with Crippen LogP contribution in [0.4, 0.5) is 4.79 Å². The van der Waals surface area contributed by atoms with E-state index in [0.717, 1.165) is 12.8 Å². The normalized spacial score (nSPS) is 18.2. The number of hydrogen-bond donors (Lipinski definition) is 2. The summed E-state index contributed by atoms with van der Waals surface area (Å²) in [4.78, 5) is 12.7. The number of amides is 1. The average Bonchev–Trinajstić information content (AvgIpc) is 3.10. The first-order valence-electron chi connectivity index (χ1n) is 5.96. The van der Waals surface area contributed by atoms with Crippen LogP contribution < -0.4 is 0 Å². The van der Waals surface area contributed by atoms with Gasteiger partial charge in [-0.3, -0.25) is 4.90 Å². The van der Waals surface area contributed by atoms with Crippen LogP contribution in [-0.2, 0) is 0 Å². The summed E-state index contributed by atoms with van der Waals surface area (Å²) in [5, 5.41) is 19.7. The highest BCUT2D eigenvalue weighted by atomic mass is 35.5. The molecule has 1 aromatic carbocycles. The molecule has 0 radical (unpaired) electrons. The van der Waals surface area contributed by atoms with E-state index in [2.05, 4.69) is 0 Å². The van der Waals surface area contributed by atoms with Gasteiger partial charge in [-0.1, -0.05) is 29.8 Å². The summed E-state index contributed by atoms with van der Waals surface area (Å²) in [6, 6.07) is 6.44. The van der Waals surface area contributed by atoms with Gasteiger partial charge in [-0.05, 0) is 31.4 Å². The van der Waals surface area contributed by atoms with Gasteiger partial charge in [-0.15, -0.1) is 0 Å². The number of benzene rings is 1. The van der Waals surface area contributed by atoms with Crippen molar-refractivity contribution in [1.29, 1.82) is 0 Å². The van der Waals surface area contributed by atoms with Crippen molar-refractivity contribution in [3.8, 4) is 0 Å². The van der Waals surface area contributed by atoms with Crippen LogP contribution >= 0.6 is 11.6 Å². The van der Waals surface area contributed by atoms with Gasteiger partial charge in [0.05, 0.1) is 12.1 Å². The van der Waals surface area contributed by atoms with E-state index in [9.17, 15) is 15.0 Å². The highest BCUT2D eigenvalue weighted by molar-refractivity contribution is 6.31. The van der Waals surface area contributed by atoms with Crippen molar-refractivity contribution in [2.45, 2.75) is 38.0 Å². The Bertz CT molecular complexity index is 446. The first-order chi connectivity index (χ1) is 8.52. The van der Waals surface area contributed by atoms with E-state index >= 15 is 0 Å². The fourth-order valence-corrected chi connectivity index (χ4v) is 2.46. The van der Waals surface area contributed by atoms with Gasteiger partial charge in [0.1, 0.15) is 0 Å². The van der Waals surface area contributed by atoms with Crippen molar-refractivity contribution in [3.63, 3.8) is 0 Å². The summed E-state index contributed by atoms with van der Waals surface area (Å²) in [6.45, 7) is 1.59. The molecule has 0 saturated heterocycles. The van der Waals surface area contributed by atoms with Crippen LogP contribution in [0, 0.1) is 0 Å². The zero-order valence-corrected chi connectivity index (χ0v) is 10.8. The number of rotatable bonds is 4. The molecule has 1 amide bonds. The van der Waals surface area contributed by atoms with E-state index in [0.29, 0.717) is 10.6 Å². The van der Waals surface area contributed by atoms with Crippen LogP contribution in [0.25, 0.3) is 0 Å². The molecule has 98 valence electrons. The lowest BCUT2D eigenvalue weighted by Crippen LogP contribution is -2.40. The van der Waals surface area contributed by atoms with Crippen molar-refractivity contribution in [2.75, 3.05) is 0 Å². The zero-order chi connectivity index (χ0) is 13.3. The third-order valence-electron chi connectivity index (χ3n) is 3.14. The van der Waals surface area contributed by atoms with Gasteiger partial charge >= 0.3 is 6.09 Å². The predicted octanol–water partition coefficient (Wildman–Crippen LogP) is 2.90. The molecule has 2 N–H and O–H groups in total. The quantitative estimate of drug-likeness (QED) is 0.883. The van der Waals surface area contributed by atoms with E-state index in [1.807, 2.05) is 0 Å². The lowest BCUT2D eigenvalue weighted by atomic mass is 10.0. The van der Waals surface area contributed by atoms with Crippen LogP contribution in [0.5, 0.6) is 0 Å². The Labute approximate surface area is 111 Å². The Morgan fingerprint density at radius 1 is 1.44 bits per heavy atom. The molecule has 0 spiro atoms. The van der Waals surface area contributed by atoms with Crippen molar-refractivity contribution < 1.29 is 15.0 Å². The van der Waals surface area contributed by atoms with E-state index in [-0.39, 0.29) is 6.04 Å². The third kappa shape index (κ3) is 2.60. The summed E-state index contributed by atoms with van der Waals surface area (Å²) in [5.74, 6) is 0. The molecule has 0 aromatic heterocycles. The Balaban J connectivity index is 2.38. The fourth-order valence-electron chi connectivity index (χ4n) is 2.21. The number of carboxylic acid groups (broad SMARTS) is 1. The lowest BCUT2D eigenvalue weighted by molar-refractivity contribution is 0.0527. The first kappa shape index (κ1) is 13.2. The molecule has 0 unspecified atom stereocenters. The number of nitrogens with zero attached hydrogens (tertiary/aromatic N) is 1. The van der Waals surface area contributed by atoms with Gasteiger partial charge in [0, 0.05) is 11.1 Å². The number of aliphatic hydroxyl groups is 1. The van der Waals surface area contributed by atoms with Gasteiger partial charge in [-0.2, -0.15) is 0 Å². The average molecular weight is 270 g/mol. The summed E-state index contributed by atoms with van der Waals surface area (Å²) < 4.78 is 0. The number of carbonyl (C=O) groups is 1. The molecule has 1 aromatic rings. The summed E-state index contributed by atoms with van der Waals surface area (Å²) in [7, 11) is 0. The molecule has 2 rings (SSSR count). The van der Waals surface area contributed by atoms with Gasteiger partial charge in [-0.25, -0.2) is 4.79 Å². The maximum Gasteiger partial charge on any atom is 0.408 e. The van der Waals surface area contributed by atoms with Crippen LogP contribution in [0.2, 0.25) is 5.02 Å². The zero-order valence-electron chi connectivity index (χ0n) is 10.1. The fraction of sp³-hybridized carbons (Fsp3) is 0.462. The van der Waals surface area contributed by atoms with E-state index < -0.39 is 18.2 Å². The van der Waals surface area contributed by atoms with Gasteiger partial charge in [0.15, 0.2) is 0 Å². The highest BCUT2D eigenvalue weighted by Gasteiger charge is 2.40. The SMILES string of the molecule is C[C@@H](O)[C@@H](c1ccccc1Cl)N(C(=O)O)C1CC1. The monoisotopic (exact) mass is 269 g/mol. The molecule has 0 aliphatic heterocycles. The second-order valence-corrected chi connectivity index (χ2v) is 5.04. The topological polar surface area (TPSA) is 60.8 Å². The first-order valence-corrected chi connectivity index (χ1v) is 6.34. The lowest BCUT2D eigenvalue weighted by Gasteiger charge is -2.32. The molecule has 1 fully saturated rings. The minimum atomic E-state index is -1.01. The van der Waals surface area contributed by atoms with Crippen molar-refractivity contribution in [1.82, 2.24) is 4.90 Å². The minimum absolute atomic E-state index is 0.00151. The maximum absolute atomic E-state index is 11.4. The van der Waals surface area contributed by atoms with E-state index in [1.54, 1.807) is 31.2 Å². The van der Waals surface area contributed by atoms with Crippen molar-refractivity contribution in [2.24, 2.45) is 0 Å². The smallest absolute Gasteiger partial charge is 0.408 e. The molecular formula is C13H16ClNO3. The van der Waals surface area contributed by atoms with Gasteiger partial charge < -0.3 is 10.2 Å². The number of halogens is 1. The molecule has 2 atom stereocenters. The van der Waals surface area contributed by atoms with Gasteiger partial charge in [0.2, 0.25) is 0 Å². The standard InChI is InChI=1S/C13H16ClNO3/c1-8(16)12(10-4-2-3-5-11(10)14)15(13(17)18)9-6-7-9/h2-5,8-9,12,16H,6-7H2,1H3,(H,17,18)/t8-,12+/m1/s1. The van der Waals surface area contributed by atoms with Crippen LogP contribution in [0.1, 0.15) is 31.4 Å². The molecule has 5 heteroatoms. The van der Waals surface area contributed by atoms with E-state index in [1.165, 1.54) is 4.90 Å². The Morgan fingerprint density at radius 3 is 2.50 bits per heavy atom. The van der Waals surface area contributed by atoms with Crippen LogP contribution in [-0.4, -0.2) is 33.4 Å². The van der Waals surface area contributed by atoms with E-state index in [4.69, 9.17) is 11.6 Å². The molecule has 1 aliphatic carbocycles. The summed E-state index contributed by atoms with van der Waals surface area (Å²) in [5.41, 5.74) is 0.656. The van der Waals surface area contributed by atoms with Crippen LogP contribution in [0.15, 0.2) is 24.3 Å². The molecule has 0 heterocycles. The molecule has 4 nitrogen and oxygen atoms in total. The summed E-state index contributed by atoms with van der Waals surface area (Å²) >= 11 is 6.11. The predicted molar refractivity (Wildman–Crippen MR) is 68.8 cm³/mol. The van der Waals surface area contributed by atoms with Crippen LogP contribution in [0.3, 0.4) is 0 Å². The second kappa shape index (κ2) is 5.16. The van der Waals surface area contributed by atoms with Crippen molar-refractivity contribution in [3.05, 3.63) is 34.9 Å². The molecule has 1 saturated carbocycles. The van der Waals surface area contributed by atoms with Crippen molar-refractivity contribution >= 4 is 17.7 Å². The minimum Gasteiger partial charge on any atom is -0.465 e. The Kier molecular flexibility index (Phi) is 3.78. The number of aliphatic hydroxyl groups excluding tert-OH is 1. The molecule has 18 heavy (non-hydrogen) atoms. The third-order valence-corrected chi connectivity index (χ3v) is 3.49. The Morgan fingerprint density at radius 2 is 2.06 bits per heavy atom. The largest absolute Gasteiger partial charge is 0.465 e. The molecule has 0 bridgehead atoms. The number of hydrogen-bond acceptors (Lipinski definition) is 2. The molecule has 1 aliphatic rings. The second-order valence-electron chi connectivity index (χ2n) is 4.63. The Hall–Kier alpha value is -1.26. The maximum atomic E-state index is 11.4. The highest BCUT2D eigenvalue weighted by Crippen LogP contribution is 2.38. The summed E-state index contributed by atoms with van der Waals surface area (Å²) in [6.07, 6.45) is -0.120.